The molecule has 5 rings (SSSR count). The molecule has 1 amide bonds. The fourth-order valence-electron chi connectivity index (χ4n) is 4.92. The number of anilines is 1. The van der Waals surface area contributed by atoms with Crippen LogP contribution in [0, 0.1) is 5.92 Å². The second kappa shape index (κ2) is 6.27. The Hall–Kier alpha value is -2.97. The molecule has 1 aliphatic heterocycles. The van der Waals surface area contributed by atoms with Gasteiger partial charge >= 0.3 is 0 Å². The smallest absolute Gasteiger partial charge is 0.271 e. The first kappa shape index (κ1) is 18.1. The van der Waals surface area contributed by atoms with Crippen molar-refractivity contribution in [1.82, 2.24) is 29.6 Å². The molecule has 9 heteroatoms. The zero-order chi connectivity index (χ0) is 20.3. The third-order valence-corrected chi connectivity index (χ3v) is 6.56. The van der Waals surface area contributed by atoms with Crippen LogP contribution in [0.4, 0.5) is 5.82 Å². The van der Waals surface area contributed by atoms with E-state index in [0.29, 0.717) is 36.4 Å². The molecule has 1 aliphatic carbocycles. The normalized spacial score (nSPS) is 23.3. The van der Waals surface area contributed by atoms with E-state index in [1.807, 2.05) is 48.5 Å². The lowest BCUT2D eigenvalue weighted by Gasteiger charge is -2.47. The summed E-state index contributed by atoms with van der Waals surface area (Å²) in [6.07, 6.45) is 5.13. The van der Waals surface area contributed by atoms with E-state index in [0.717, 1.165) is 36.1 Å². The lowest BCUT2D eigenvalue weighted by Crippen LogP contribution is -2.54. The molecule has 0 spiro atoms. The van der Waals surface area contributed by atoms with Gasteiger partial charge in [0, 0.05) is 34.1 Å². The quantitative estimate of drug-likeness (QED) is 0.668. The average Bonchev–Trinajstić information content (AvgIpc) is 3.36. The van der Waals surface area contributed by atoms with Crippen LogP contribution in [0.15, 0.2) is 16.8 Å². The van der Waals surface area contributed by atoms with Gasteiger partial charge in [-0.25, -0.2) is 9.97 Å². The molecule has 152 valence electrons. The number of rotatable bonds is 4. The fraction of sp³-hybridized carbons (Fsp3) is 0.550. The van der Waals surface area contributed by atoms with Gasteiger partial charge in [-0.05, 0) is 31.2 Å². The minimum Gasteiger partial charge on any atom is -0.423 e. The van der Waals surface area contributed by atoms with E-state index in [1.54, 1.807) is 0 Å². The van der Waals surface area contributed by atoms with Gasteiger partial charge in [-0.15, -0.1) is 10.2 Å². The summed E-state index contributed by atoms with van der Waals surface area (Å²) in [6, 6.07) is 1.90. The molecular weight excluding hydrogens is 370 g/mol. The number of hydrogen-bond donors (Lipinski definition) is 0. The van der Waals surface area contributed by atoms with Crippen molar-refractivity contribution in [1.29, 1.82) is 0 Å². The molecule has 1 saturated carbocycles. The van der Waals surface area contributed by atoms with E-state index in [4.69, 9.17) is 4.42 Å². The number of hydrogen-bond acceptors (Lipinski definition) is 7. The molecule has 0 N–H and O–H groups in total. The van der Waals surface area contributed by atoms with Crippen LogP contribution >= 0.6 is 0 Å². The van der Waals surface area contributed by atoms with Crippen LogP contribution in [-0.2, 0) is 19.0 Å². The number of carbonyl (C=O) groups excluding carboxylic acids is 1. The van der Waals surface area contributed by atoms with Crippen LogP contribution in [0.1, 0.15) is 48.5 Å². The van der Waals surface area contributed by atoms with Gasteiger partial charge in [0.2, 0.25) is 11.8 Å². The van der Waals surface area contributed by atoms with Crippen LogP contribution in [0.2, 0.25) is 0 Å². The number of likely N-dealkylation sites (tertiary alicyclic amines) is 1. The molecule has 0 aromatic carbocycles. The Labute approximate surface area is 168 Å². The Morgan fingerprint density at radius 1 is 1.31 bits per heavy atom. The second-order valence-corrected chi connectivity index (χ2v) is 8.18. The van der Waals surface area contributed by atoms with Crippen LogP contribution in [0.25, 0.3) is 11.0 Å². The van der Waals surface area contributed by atoms with Crippen molar-refractivity contribution in [2.45, 2.75) is 38.1 Å². The predicted molar refractivity (Wildman–Crippen MR) is 107 cm³/mol. The van der Waals surface area contributed by atoms with Crippen LogP contribution in [-0.4, -0.2) is 56.2 Å². The third-order valence-electron chi connectivity index (χ3n) is 6.56. The molecule has 0 unspecified atom stereocenters. The van der Waals surface area contributed by atoms with Crippen molar-refractivity contribution in [2.24, 2.45) is 13.0 Å². The van der Waals surface area contributed by atoms with E-state index >= 15 is 0 Å². The van der Waals surface area contributed by atoms with Gasteiger partial charge in [-0.3, -0.25) is 4.79 Å². The average molecular weight is 395 g/mol. The van der Waals surface area contributed by atoms with Crippen molar-refractivity contribution >= 4 is 22.8 Å². The molecule has 3 aromatic rings. The Bertz CT molecular complexity index is 1100. The van der Waals surface area contributed by atoms with E-state index in [1.165, 1.54) is 6.33 Å². The summed E-state index contributed by atoms with van der Waals surface area (Å²) < 4.78 is 7.80. The predicted octanol–water partition coefficient (Wildman–Crippen LogP) is 2.13. The summed E-state index contributed by atoms with van der Waals surface area (Å²) in [5.41, 5.74) is 0.881. The van der Waals surface area contributed by atoms with Gasteiger partial charge < -0.3 is 18.8 Å². The number of fused-ring (bicyclic) bond motifs is 2. The maximum atomic E-state index is 13.7. The van der Waals surface area contributed by atoms with Crippen LogP contribution in [0.3, 0.4) is 0 Å². The van der Waals surface area contributed by atoms with Gasteiger partial charge in [0.15, 0.2) is 0 Å². The van der Waals surface area contributed by atoms with Crippen molar-refractivity contribution in [3.8, 4) is 0 Å². The molecule has 0 bridgehead atoms. The second-order valence-electron chi connectivity index (χ2n) is 8.18. The summed E-state index contributed by atoms with van der Waals surface area (Å²) in [4.78, 5) is 26.4. The molecule has 2 fully saturated rings. The highest BCUT2D eigenvalue weighted by Crippen LogP contribution is 2.56. The Kier molecular flexibility index (Phi) is 3.91. The molecule has 1 saturated heterocycles. The Morgan fingerprint density at radius 3 is 2.79 bits per heavy atom. The minimum atomic E-state index is -0.468. The minimum absolute atomic E-state index is 0.0198. The highest BCUT2D eigenvalue weighted by Gasteiger charge is 2.61. The van der Waals surface area contributed by atoms with Gasteiger partial charge in [-0.2, -0.15) is 0 Å². The highest BCUT2D eigenvalue weighted by molar-refractivity contribution is 6.01. The lowest BCUT2D eigenvalue weighted by atomic mass is 9.67. The molecular formula is C20H25N7O2. The number of amides is 1. The van der Waals surface area contributed by atoms with E-state index in [9.17, 15) is 4.79 Å². The topological polar surface area (TPSA) is 93.2 Å². The molecule has 2 atom stereocenters. The van der Waals surface area contributed by atoms with Crippen molar-refractivity contribution in [3.05, 3.63) is 29.9 Å². The Morgan fingerprint density at radius 2 is 2.14 bits per heavy atom. The van der Waals surface area contributed by atoms with E-state index < -0.39 is 5.54 Å². The number of aromatic nitrogens is 5. The van der Waals surface area contributed by atoms with Crippen LogP contribution in [0.5, 0.6) is 0 Å². The summed E-state index contributed by atoms with van der Waals surface area (Å²) in [5.74, 6) is 2.36. The van der Waals surface area contributed by atoms with Crippen LogP contribution < -0.4 is 4.90 Å². The molecule has 0 radical (unpaired) electrons. The van der Waals surface area contributed by atoms with Crippen molar-refractivity contribution in [3.63, 3.8) is 0 Å². The summed E-state index contributed by atoms with van der Waals surface area (Å²) in [5, 5.41) is 9.35. The van der Waals surface area contributed by atoms with Crippen molar-refractivity contribution in [2.75, 3.05) is 25.5 Å². The summed E-state index contributed by atoms with van der Waals surface area (Å²) in [7, 11) is 5.75. The fourth-order valence-corrected chi connectivity index (χ4v) is 4.92. The molecule has 2 aliphatic rings. The standard InChI is InChI=1S/C20H25N7O2/c1-5-15-23-24-19(29-15)20-8-6-12(20)7-9-27(20)18(28)14-10-13-16(25(2)3)21-11-22-17(13)26(14)4/h10-12H,5-9H2,1-4H3/t12-,20-/m0/s1. The monoisotopic (exact) mass is 395 g/mol. The molecule has 4 heterocycles. The molecule has 3 aromatic heterocycles. The largest absolute Gasteiger partial charge is 0.423 e. The first-order valence-corrected chi connectivity index (χ1v) is 10.1. The first-order chi connectivity index (χ1) is 14.0. The van der Waals surface area contributed by atoms with Gasteiger partial charge in [0.05, 0.1) is 5.39 Å². The lowest BCUT2D eigenvalue weighted by molar-refractivity contribution is -0.00411. The molecule has 9 nitrogen and oxygen atoms in total. The van der Waals surface area contributed by atoms with E-state index in [2.05, 4.69) is 20.2 Å². The third kappa shape index (κ3) is 2.36. The first-order valence-electron chi connectivity index (χ1n) is 10.1. The maximum absolute atomic E-state index is 13.7. The number of aryl methyl sites for hydroxylation is 2. The van der Waals surface area contributed by atoms with Gasteiger partial charge in [0.25, 0.3) is 5.91 Å². The summed E-state index contributed by atoms with van der Waals surface area (Å²) >= 11 is 0. The molecule has 29 heavy (non-hydrogen) atoms. The summed E-state index contributed by atoms with van der Waals surface area (Å²) in [6.45, 7) is 2.69. The zero-order valence-electron chi connectivity index (χ0n) is 17.2. The highest BCUT2D eigenvalue weighted by atomic mass is 16.4. The van der Waals surface area contributed by atoms with E-state index in [-0.39, 0.29) is 5.91 Å². The SMILES string of the molecule is CCc1nnc([C@]23CC[C@H]2CCN3C(=O)c2cc3c(N(C)C)ncnc3n2C)o1. The number of carbonyl (C=O) groups is 1. The Balaban J connectivity index is 1.58. The number of nitrogens with zero attached hydrogens (tertiary/aromatic N) is 7. The van der Waals surface area contributed by atoms with Gasteiger partial charge in [0.1, 0.15) is 29.0 Å². The van der Waals surface area contributed by atoms with Crippen molar-refractivity contribution < 1.29 is 9.21 Å². The van der Waals surface area contributed by atoms with Gasteiger partial charge in [-0.1, -0.05) is 6.92 Å². The zero-order valence-corrected chi connectivity index (χ0v) is 17.2. The maximum Gasteiger partial charge on any atom is 0.271 e.